The molecule has 0 aromatic heterocycles. The van der Waals surface area contributed by atoms with Gasteiger partial charge in [0.15, 0.2) is 0 Å². The summed E-state index contributed by atoms with van der Waals surface area (Å²) in [6.45, 7) is 9.02. The molecule has 1 fully saturated rings. The Morgan fingerprint density at radius 1 is 1.13 bits per heavy atom. The third-order valence-corrected chi connectivity index (χ3v) is 5.29. The van der Waals surface area contributed by atoms with Gasteiger partial charge in [-0.3, -0.25) is 24.2 Å². The zero-order chi connectivity index (χ0) is 23.7. The third-order valence-electron chi connectivity index (χ3n) is 5.29. The number of aliphatic carboxylic acids is 1. The van der Waals surface area contributed by atoms with Crippen molar-refractivity contribution in [2.75, 3.05) is 13.7 Å². The summed E-state index contributed by atoms with van der Waals surface area (Å²) < 4.78 is 5.32. The predicted octanol–water partition coefficient (Wildman–Crippen LogP) is 0.439. The highest BCUT2D eigenvalue weighted by atomic mass is 16.5. The smallest absolute Gasteiger partial charge is 0.322 e. The zero-order valence-electron chi connectivity index (χ0n) is 19.2. The molecule has 10 heteroatoms. The number of carbonyl (C=O) groups is 4. The second kappa shape index (κ2) is 12.4. The van der Waals surface area contributed by atoms with Crippen LogP contribution in [0.4, 0.5) is 0 Å². The molecule has 0 aliphatic carbocycles. The molecule has 5 atom stereocenters. The first-order valence-electron chi connectivity index (χ1n) is 10.6. The van der Waals surface area contributed by atoms with Crippen LogP contribution in [0.5, 0.6) is 0 Å². The first-order valence-corrected chi connectivity index (χ1v) is 10.6. The van der Waals surface area contributed by atoms with Gasteiger partial charge in [0.1, 0.15) is 18.1 Å². The molecule has 2 unspecified atom stereocenters. The van der Waals surface area contributed by atoms with Gasteiger partial charge in [-0.15, -0.1) is 0 Å². The van der Waals surface area contributed by atoms with Gasteiger partial charge in [-0.2, -0.15) is 0 Å². The Labute approximate surface area is 183 Å². The van der Waals surface area contributed by atoms with E-state index in [4.69, 9.17) is 9.84 Å². The van der Waals surface area contributed by atoms with Gasteiger partial charge in [0.05, 0.1) is 12.0 Å². The highest BCUT2D eigenvalue weighted by molar-refractivity contribution is 5.92. The summed E-state index contributed by atoms with van der Waals surface area (Å²) in [6.07, 6.45) is 4.11. The molecule has 1 aliphatic rings. The second-order valence-corrected chi connectivity index (χ2v) is 8.13. The molecule has 0 radical (unpaired) electrons. The molecule has 0 spiro atoms. The minimum atomic E-state index is -1.03. The Morgan fingerprint density at radius 2 is 1.77 bits per heavy atom. The number of hydrogen-bond donors (Lipinski definition) is 4. The van der Waals surface area contributed by atoms with Crippen LogP contribution in [0.25, 0.3) is 0 Å². The van der Waals surface area contributed by atoms with Crippen LogP contribution in [0.1, 0.15) is 47.5 Å². The molecule has 176 valence electrons. The fourth-order valence-corrected chi connectivity index (χ4v) is 3.33. The standard InChI is InChI=1S/C21H36N4O6/c1-7-9-16(31-6)13(4)18(26)23-17(12(2)3)19(27)22-14(5)20(28)25-11-8-10-15(24-25)21(29)30/h7,9,12-17,24H,8,10-11H2,1-6H3,(H,22,27)(H,23,26)(H,29,30)/b9-7+/t13-,14?,15?,16-,17+/m1/s1. The van der Waals surface area contributed by atoms with E-state index >= 15 is 0 Å². The van der Waals surface area contributed by atoms with Crippen LogP contribution in [0, 0.1) is 11.8 Å². The summed E-state index contributed by atoms with van der Waals surface area (Å²) in [5.41, 5.74) is 2.68. The number of ether oxygens (including phenoxy) is 1. The molecule has 1 heterocycles. The Kier molecular flexibility index (Phi) is 10.6. The van der Waals surface area contributed by atoms with E-state index < -0.39 is 47.9 Å². The van der Waals surface area contributed by atoms with Crippen molar-refractivity contribution in [1.82, 2.24) is 21.1 Å². The van der Waals surface area contributed by atoms with E-state index in [2.05, 4.69) is 16.1 Å². The number of carboxylic acids is 1. The maximum Gasteiger partial charge on any atom is 0.322 e. The number of nitrogens with one attached hydrogen (secondary N) is 3. The van der Waals surface area contributed by atoms with Gasteiger partial charge in [-0.25, -0.2) is 5.43 Å². The molecule has 0 aromatic carbocycles. The SMILES string of the molecule is C/C=C/[C@@H](OC)[C@@H](C)C(=O)N[C@H](C(=O)NC(C)C(=O)N1CCCC(C(=O)O)N1)C(C)C. The van der Waals surface area contributed by atoms with Crippen LogP contribution in [-0.2, 0) is 23.9 Å². The maximum absolute atomic E-state index is 12.8. The molecule has 0 saturated carbocycles. The van der Waals surface area contributed by atoms with E-state index in [9.17, 15) is 19.2 Å². The van der Waals surface area contributed by atoms with Gasteiger partial charge >= 0.3 is 5.97 Å². The molecule has 1 aliphatic heterocycles. The number of methoxy groups -OCH3 is 1. The fraction of sp³-hybridized carbons (Fsp3) is 0.714. The number of rotatable bonds is 10. The predicted molar refractivity (Wildman–Crippen MR) is 115 cm³/mol. The highest BCUT2D eigenvalue weighted by Crippen LogP contribution is 2.12. The summed E-state index contributed by atoms with van der Waals surface area (Å²) in [5.74, 6) is -3.01. The van der Waals surface area contributed by atoms with Crippen LogP contribution < -0.4 is 16.1 Å². The van der Waals surface area contributed by atoms with E-state index in [-0.39, 0.29) is 11.8 Å². The highest BCUT2D eigenvalue weighted by Gasteiger charge is 2.33. The molecule has 4 N–H and O–H groups in total. The minimum absolute atomic E-state index is 0.217. The van der Waals surface area contributed by atoms with E-state index in [0.29, 0.717) is 19.4 Å². The number of carbonyl (C=O) groups excluding carboxylic acids is 3. The summed E-state index contributed by atoms with van der Waals surface area (Å²) in [6, 6.07) is -2.57. The first-order chi connectivity index (χ1) is 14.5. The zero-order valence-corrected chi connectivity index (χ0v) is 19.2. The minimum Gasteiger partial charge on any atom is -0.480 e. The van der Waals surface area contributed by atoms with E-state index in [0.717, 1.165) is 0 Å². The molecule has 3 amide bonds. The lowest BCUT2D eigenvalue weighted by atomic mass is 9.99. The summed E-state index contributed by atoms with van der Waals surface area (Å²) in [7, 11) is 1.51. The third kappa shape index (κ3) is 7.62. The number of carboxylic acid groups (broad SMARTS) is 1. The van der Waals surface area contributed by atoms with Gasteiger partial charge in [0.25, 0.3) is 5.91 Å². The van der Waals surface area contributed by atoms with Crippen molar-refractivity contribution in [2.24, 2.45) is 11.8 Å². The van der Waals surface area contributed by atoms with Crippen LogP contribution in [0.3, 0.4) is 0 Å². The second-order valence-electron chi connectivity index (χ2n) is 8.13. The molecular formula is C21H36N4O6. The van der Waals surface area contributed by atoms with Gasteiger partial charge in [0, 0.05) is 13.7 Å². The average Bonchev–Trinajstić information content (AvgIpc) is 2.74. The first kappa shape index (κ1) is 26.6. The lowest BCUT2D eigenvalue weighted by molar-refractivity contribution is -0.148. The Morgan fingerprint density at radius 3 is 2.29 bits per heavy atom. The van der Waals surface area contributed by atoms with Gasteiger partial charge < -0.3 is 20.5 Å². The quantitative estimate of drug-likeness (QED) is 0.362. The lowest BCUT2D eigenvalue weighted by Crippen LogP contribution is -2.61. The van der Waals surface area contributed by atoms with Gasteiger partial charge in [-0.1, -0.05) is 32.9 Å². The Hall–Kier alpha value is -2.46. The van der Waals surface area contributed by atoms with Crippen LogP contribution in [0.2, 0.25) is 0 Å². The number of allylic oxidation sites excluding steroid dienone is 1. The lowest BCUT2D eigenvalue weighted by Gasteiger charge is -2.34. The average molecular weight is 441 g/mol. The van der Waals surface area contributed by atoms with Crippen molar-refractivity contribution >= 4 is 23.7 Å². The molecular weight excluding hydrogens is 404 g/mol. The van der Waals surface area contributed by atoms with Crippen LogP contribution >= 0.6 is 0 Å². The molecule has 0 aromatic rings. The Bertz CT molecular complexity index is 681. The molecule has 31 heavy (non-hydrogen) atoms. The van der Waals surface area contributed by atoms with Crippen LogP contribution in [-0.4, -0.2) is 71.7 Å². The van der Waals surface area contributed by atoms with Gasteiger partial charge in [-0.05, 0) is 32.6 Å². The monoisotopic (exact) mass is 440 g/mol. The summed E-state index contributed by atoms with van der Waals surface area (Å²) in [4.78, 5) is 49.3. The van der Waals surface area contributed by atoms with Crippen molar-refractivity contribution in [1.29, 1.82) is 0 Å². The van der Waals surface area contributed by atoms with E-state index in [1.807, 2.05) is 6.92 Å². The number of amides is 3. The fourth-order valence-electron chi connectivity index (χ4n) is 3.33. The molecule has 0 bridgehead atoms. The number of nitrogens with zero attached hydrogens (tertiary/aromatic N) is 1. The van der Waals surface area contributed by atoms with E-state index in [1.54, 1.807) is 32.9 Å². The van der Waals surface area contributed by atoms with Crippen LogP contribution in [0.15, 0.2) is 12.2 Å². The van der Waals surface area contributed by atoms with Gasteiger partial charge in [0.2, 0.25) is 11.8 Å². The summed E-state index contributed by atoms with van der Waals surface area (Å²) >= 11 is 0. The normalized spacial score (nSPS) is 20.7. The topological polar surface area (TPSA) is 137 Å². The van der Waals surface area contributed by atoms with Crippen molar-refractivity contribution < 1.29 is 29.0 Å². The van der Waals surface area contributed by atoms with Crippen molar-refractivity contribution in [2.45, 2.75) is 71.7 Å². The Balaban J connectivity index is 2.77. The number of hydrazine groups is 1. The molecule has 10 nitrogen and oxygen atoms in total. The molecule has 1 saturated heterocycles. The molecule has 1 rings (SSSR count). The maximum atomic E-state index is 12.8. The summed E-state index contributed by atoms with van der Waals surface area (Å²) in [5, 5.41) is 15.8. The van der Waals surface area contributed by atoms with Crippen molar-refractivity contribution in [3.63, 3.8) is 0 Å². The number of hydrogen-bond acceptors (Lipinski definition) is 6. The van der Waals surface area contributed by atoms with Crippen molar-refractivity contribution in [3.05, 3.63) is 12.2 Å². The van der Waals surface area contributed by atoms with Crippen molar-refractivity contribution in [3.8, 4) is 0 Å². The largest absolute Gasteiger partial charge is 0.480 e. The van der Waals surface area contributed by atoms with E-state index in [1.165, 1.54) is 19.0 Å².